The minimum absolute atomic E-state index is 0.0555. The molecule has 0 saturated carbocycles. The number of carbonyl (C=O) groups is 1. The van der Waals surface area contributed by atoms with Crippen LogP contribution in [0.1, 0.15) is 10.4 Å². The van der Waals surface area contributed by atoms with Gasteiger partial charge in [0.15, 0.2) is 0 Å². The number of halogens is 1. The number of piperazine rings is 1. The number of nitrogens with zero attached hydrogens (tertiary/aromatic N) is 2. The minimum Gasteiger partial charge on any atom is -0.497 e. The summed E-state index contributed by atoms with van der Waals surface area (Å²) in [6.45, 7) is 1.04. The summed E-state index contributed by atoms with van der Waals surface area (Å²) in [4.78, 5) is 14.4. The number of hydrogen-bond acceptors (Lipinski definition) is 5. The van der Waals surface area contributed by atoms with Crippen molar-refractivity contribution in [3.05, 3.63) is 52.5 Å². The van der Waals surface area contributed by atoms with E-state index in [4.69, 9.17) is 9.47 Å². The Hall–Kier alpha value is -2.10. The fraction of sp³-hybridized carbons (Fsp3) is 0.316. The van der Waals surface area contributed by atoms with E-state index in [0.717, 1.165) is 4.47 Å². The predicted molar refractivity (Wildman–Crippen MR) is 108 cm³/mol. The molecule has 0 spiro atoms. The van der Waals surface area contributed by atoms with Crippen LogP contribution in [0.15, 0.2) is 51.8 Å². The molecule has 3 rings (SSSR count). The molecule has 1 saturated heterocycles. The highest BCUT2D eigenvalue weighted by molar-refractivity contribution is 9.10. The molecule has 1 amide bonds. The molecule has 2 aromatic rings. The number of sulfonamides is 1. The maximum Gasteiger partial charge on any atom is 0.255 e. The van der Waals surface area contributed by atoms with Gasteiger partial charge in [0.1, 0.15) is 16.4 Å². The van der Waals surface area contributed by atoms with E-state index in [1.807, 2.05) is 12.1 Å². The van der Waals surface area contributed by atoms with E-state index in [2.05, 4.69) is 15.9 Å². The topological polar surface area (TPSA) is 76.2 Å². The van der Waals surface area contributed by atoms with E-state index >= 15 is 0 Å². The number of amides is 1. The van der Waals surface area contributed by atoms with Gasteiger partial charge in [-0.1, -0.05) is 12.1 Å². The zero-order chi connectivity index (χ0) is 20.3. The molecule has 0 radical (unpaired) electrons. The van der Waals surface area contributed by atoms with Crippen molar-refractivity contribution in [2.45, 2.75) is 4.90 Å². The van der Waals surface area contributed by atoms with Crippen LogP contribution in [0, 0.1) is 0 Å². The van der Waals surface area contributed by atoms with Crippen LogP contribution in [-0.4, -0.2) is 63.9 Å². The van der Waals surface area contributed by atoms with Crippen molar-refractivity contribution in [3.8, 4) is 11.5 Å². The summed E-state index contributed by atoms with van der Waals surface area (Å²) in [6, 6.07) is 11.9. The van der Waals surface area contributed by atoms with Gasteiger partial charge in [-0.2, -0.15) is 4.31 Å². The van der Waals surface area contributed by atoms with Crippen LogP contribution >= 0.6 is 15.9 Å². The van der Waals surface area contributed by atoms with Crippen molar-refractivity contribution in [3.63, 3.8) is 0 Å². The lowest BCUT2D eigenvalue weighted by molar-refractivity contribution is 0.0697. The van der Waals surface area contributed by atoms with Gasteiger partial charge in [-0.3, -0.25) is 4.79 Å². The van der Waals surface area contributed by atoms with Crippen LogP contribution in [0.2, 0.25) is 0 Å². The van der Waals surface area contributed by atoms with Crippen molar-refractivity contribution in [1.29, 1.82) is 0 Å². The average Bonchev–Trinajstić information content (AvgIpc) is 2.73. The third-order valence-corrected chi connectivity index (χ3v) is 7.23. The lowest BCUT2D eigenvalue weighted by atomic mass is 10.2. The van der Waals surface area contributed by atoms with E-state index in [1.54, 1.807) is 29.2 Å². The average molecular weight is 469 g/mol. The highest BCUT2D eigenvalue weighted by Crippen LogP contribution is 2.31. The van der Waals surface area contributed by atoms with Gasteiger partial charge in [0.25, 0.3) is 5.91 Å². The number of benzene rings is 2. The van der Waals surface area contributed by atoms with Gasteiger partial charge in [-0.05, 0) is 40.2 Å². The Bertz CT molecular complexity index is 972. The fourth-order valence-electron chi connectivity index (χ4n) is 3.06. The lowest BCUT2D eigenvalue weighted by Crippen LogP contribution is -2.50. The fourth-order valence-corrected chi connectivity index (χ4v) is 5.11. The molecule has 1 fully saturated rings. The molecule has 2 aromatic carbocycles. The smallest absolute Gasteiger partial charge is 0.255 e. The van der Waals surface area contributed by atoms with Gasteiger partial charge < -0.3 is 14.4 Å². The summed E-state index contributed by atoms with van der Waals surface area (Å²) in [7, 11) is -0.876. The van der Waals surface area contributed by atoms with Gasteiger partial charge >= 0.3 is 0 Å². The first kappa shape index (κ1) is 20.6. The highest BCUT2D eigenvalue weighted by atomic mass is 79.9. The second kappa shape index (κ2) is 8.50. The number of methoxy groups -OCH3 is 2. The molecular weight excluding hydrogens is 448 g/mol. The van der Waals surface area contributed by atoms with Crippen LogP contribution in [0.4, 0.5) is 0 Å². The summed E-state index contributed by atoms with van der Waals surface area (Å²) in [5, 5.41) is 0. The van der Waals surface area contributed by atoms with Crippen molar-refractivity contribution in [2.75, 3.05) is 40.4 Å². The minimum atomic E-state index is -3.78. The van der Waals surface area contributed by atoms with Gasteiger partial charge in [0.05, 0.1) is 19.8 Å². The molecule has 0 aromatic heterocycles. The molecule has 0 bridgehead atoms. The predicted octanol–water partition coefficient (Wildman–Crippen LogP) is 2.61. The van der Waals surface area contributed by atoms with Gasteiger partial charge in [0, 0.05) is 36.7 Å². The number of ether oxygens (including phenoxy) is 2. The van der Waals surface area contributed by atoms with Gasteiger partial charge in [-0.15, -0.1) is 0 Å². The van der Waals surface area contributed by atoms with E-state index < -0.39 is 10.0 Å². The van der Waals surface area contributed by atoms with E-state index in [1.165, 1.54) is 24.6 Å². The third-order valence-electron chi connectivity index (χ3n) is 4.62. The van der Waals surface area contributed by atoms with Crippen molar-refractivity contribution in [1.82, 2.24) is 9.21 Å². The van der Waals surface area contributed by atoms with Crippen LogP contribution in [0.3, 0.4) is 0 Å². The standard InChI is InChI=1S/C19H21BrN2O5S/c1-26-14-7-8-17(27-2)18(13-14)28(24,25)22-11-9-21(10-12-22)19(23)15-5-3-4-6-16(15)20/h3-8,13H,9-12H2,1-2H3. The van der Waals surface area contributed by atoms with E-state index in [0.29, 0.717) is 24.4 Å². The first-order valence-electron chi connectivity index (χ1n) is 8.64. The Morgan fingerprint density at radius 3 is 2.29 bits per heavy atom. The Morgan fingerprint density at radius 2 is 1.68 bits per heavy atom. The zero-order valence-electron chi connectivity index (χ0n) is 15.6. The molecule has 0 unspecified atom stereocenters. The highest BCUT2D eigenvalue weighted by Gasteiger charge is 2.33. The molecule has 0 N–H and O–H groups in total. The maximum absolute atomic E-state index is 13.1. The largest absolute Gasteiger partial charge is 0.497 e. The quantitative estimate of drug-likeness (QED) is 0.673. The van der Waals surface area contributed by atoms with Crippen molar-refractivity contribution >= 4 is 31.9 Å². The first-order valence-corrected chi connectivity index (χ1v) is 10.9. The number of rotatable bonds is 5. The summed E-state index contributed by atoms with van der Waals surface area (Å²) < 4.78 is 38.7. The van der Waals surface area contributed by atoms with E-state index in [9.17, 15) is 13.2 Å². The SMILES string of the molecule is COc1ccc(OC)c(S(=O)(=O)N2CCN(C(=O)c3ccccc3Br)CC2)c1. The van der Waals surface area contributed by atoms with Crippen LogP contribution in [0.5, 0.6) is 11.5 Å². The zero-order valence-corrected chi connectivity index (χ0v) is 18.0. The molecule has 150 valence electrons. The monoisotopic (exact) mass is 468 g/mol. The molecule has 9 heteroatoms. The molecule has 0 aliphatic carbocycles. The normalized spacial score (nSPS) is 15.3. The summed E-state index contributed by atoms with van der Waals surface area (Å²) in [6.07, 6.45) is 0. The van der Waals surface area contributed by atoms with Crippen LogP contribution in [-0.2, 0) is 10.0 Å². The molecule has 1 aliphatic rings. The second-order valence-electron chi connectivity index (χ2n) is 6.19. The van der Waals surface area contributed by atoms with Crippen LogP contribution < -0.4 is 9.47 Å². The van der Waals surface area contributed by atoms with E-state index in [-0.39, 0.29) is 29.6 Å². The summed E-state index contributed by atoms with van der Waals surface area (Å²) in [5.41, 5.74) is 0.563. The number of carbonyl (C=O) groups excluding carboxylic acids is 1. The molecule has 7 nitrogen and oxygen atoms in total. The first-order chi connectivity index (χ1) is 13.4. The van der Waals surface area contributed by atoms with Gasteiger partial charge in [0.2, 0.25) is 10.0 Å². The number of hydrogen-bond donors (Lipinski definition) is 0. The lowest BCUT2D eigenvalue weighted by Gasteiger charge is -2.34. The molecule has 28 heavy (non-hydrogen) atoms. The second-order valence-corrected chi connectivity index (χ2v) is 8.95. The molecule has 0 atom stereocenters. The van der Waals surface area contributed by atoms with Gasteiger partial charge in [-0.25, -0.2) is 8.42 Å². The molecule has 1 aliphatic heterocycles. The summed E-state index contributed by atoms with van der Waals surface area (Å²) >= 11 is 3.39. The Labute approximate surface area is 173 Å². The van der Waals surface area contributed by atoms with Crippen molar-refractivity contribution < 1.29 is 22.7 Å². The van der Waals surface area contributed by atoms with Crippen LogP contribution in [0.25, 0.3) is 0 Å². The van der Waals surface area contributed by atoms with Crippen molar-refractivity contribution in [2.24, 2.45) is 0 Å². The molecule has 1 heterocycles. The maximum atomic E-state index is 13.1. The Kier molecular flexibility index (Phi) is 6.26. The molecular formula is C19H21BrN2O5S. The third kappa shape index (κ3) is 4.01. The Morgan fingerprint density at radius 1 is 1.00 bits per heavy atom. The Balaban J connectivity index is 1.77. The summed E-state index contributed by atoms with van der Waals surface area (Å²) in [5.74, 6) is 0.568.